The molecule has 0 spiro atoms. The third kappa shape index (κ3) is 7.26. The Bertz CT molecular complexity index is 1080. The number of hydrogen-bond acceptors (Lipinski definition) is 4. The predicted octanol–water partition coefficient (Wildman–Crippen LogP) is 6.94. The van der Waals surface area contributed by atoms with Gasteiger partial charge in [-0.05, 0) is 48.7 Å². The number of ether oxygens (including phenoxy) is 2. The summed E-state index contributed by atoms with van der Waals surface area (Å²) >= 11 is 3.66. The van der Waals surface area contributed by atoms with E-state index in [2.05, 4.69) is 57.8 Å². The molecule has 0 bridgehead atoms. The van der Waals surface area contributed by atoms with E-state index in [1.54, 1.807) is 7.11 Å². The van der Waals surface area contributed by atoms with Crippen molar-refractivity contribution >= 4 is 33.2 Å². The Morgan fingerprint density at radius 1 is 1.03 bits per heavy atom. The van der Waals surface area contributed by atoms with Gasteiger partial charge in [0.05, 0.1) is 7.11 Å². The minimum absolute atomic E-state index is 0.0180. The van der Waals surface area contributed by atoms with E-state index in [-0.39, 0.29) is 5.91 Å². The molecule has 3 rings (SSSR count). The quantitative estimate of drug-likeness (QED) is 0.310. The van der Waals surface area contributed by atoms with Crippen LogP contribution >= 0.6 is 15.9 Å². The van der Waals surface area contributed by atoms with Crippen molar-refractivity contribution in [3.8, 4) is 11.5 Å². The van der Waals surface area contributed by atoms with Gasteiger partial charge < -0.3 is 20.1 Å². The summed E-state index contributed by atoms with van der Waals surface area (Å²) in [5, 5.41) is 6.40. The topological polar surface area (TPSA) is 59.6 Å². The normalized spacial score (nSPS) is 10.7. The molecule has 5 nitrogen and oxygen atoms in total. The third-order valence-corrected chi connectivity index (χ3v) is 5.84. The fourth-order valence-corrected chi connectivity index (χ4v) is 3.84. The highest BCUT2D eigenvalue weighted by Crippen LogP contribution is 2.37. The van der Waals surface area contributed by atoms with Crippen molar-refractivity contribution in [3.63, 3.8) is 0 Å². The molecule has 1 amide bonds. The molecule has 0 unspecified atom stereocenters. The van der Waals surface area contributed by atoms with E-state index < -0.39 is 0 Å². The summed E-state index contributed by atoms with van der Waals surface area (Å²) in [5.41, 5.74) is 4.93. The van der Waals surface area contributed by atoms with Gasteiger partial charge in [-0.1, -0.05) is 65.7 Å². The monoisotopic (exact) mass is 510 g/mol. The summed E-state index contributed by atoms with van der Waals surface area (Å²) < 4.78 is 12.7. The van der Waals surface area contributed by atoms with Gasteiger partial charge in [0.1, 0.15) is 6.61 Å². The van der Waals surface area contributed by atoms with Crippen LogP contribution in [0.2, 0.25) is 0 Å². The maximum absolute atomic E-state index is 12.1. The molecule has 6 heteroatoms. The van der Waals surface area contributed by atoms with Crippen LogP contribution in [0.4, 0.5) is 11.4 Å². The lowest BCUT2D eigenvalue weighted by molar-refractivity contribution is -0.116. The van der Waals surface area contributed by atoms with Crippen molar-refractivity contribution in [2.75, 3.05) is 17.7 Å². The molecule has 0 aliphatic carbocycles. The second-order valence-corrected chi connectivity index (χ2v) is 9.27. The highest BCUT2D eigenvalue weighted by molar-refractivity contribution is 9.10. The van der Waals surface area contributed by atoms with Crippen LogP contribution in [0.3, 0.4) is 0 Å². The Kier molecular flexibility index (Phi) is 8.78. The maximum atomic E-state index is 12.1. The van der Waals surface area contributed by atoms with Crippen molar-refractivity contribution in [1.82, 2.24) is 0 Å². The number of hydrogen-bond donors (Lipinski definition) is 2. The molecule has 33 heavy (non-hydrogen) atoms. The number of benzene rings is 3. The average molecular weight is 511 g/mol. The Hall–Kier alpha value is -2.99. The van der Waals surface area contributed by atoms with Crippen LogP contribution < -0.4 is 20.1 Å². The Labute approximate surface area is 204 Å². The van der Waals surface area contributed by atoms with Crippen LogP contribution in [-0.2, 0) is 17.9 Å². The van der Waals surface area contributed by atoms with Crippen LogP contribution in [0.15, 0.2) is 65.1 Å². The summed E-state index contributed by atoms with van der Waals surface area (Å²) in [4.78, 5) is 12.1. The van der Waals surface area contributed by atoms with Gasteiger partial charge >= 0.3 is 0 Å². The molecule has 0 aliphatic heterocycles. The van der Waals surface area contributed by atoms with Crippen molar-refractivity contribution in [2.45, 2.75) is 40.3 Å². The molecule has 0 radical (unpaired) electrons. The number of aryl methyl sites for hydroxylation is 1. The number of anilines is 2. The van der Waals surface area contributed by atoms with Gasteiger partial charge in [0.2, 0.25) is 5.91 Å². The Morgan fingerprint density at radius 2 is 1.76 bits per heavy atom. The summed E-state index contributed by atoms with van der Waals surface area (Å²) in [6.07, 6.45) is 0.496. The minimum Gasteiger partial charge on any atom is -0.493 e. The van der Waals surface area contributed by atoms with Gasteiger partial charge in [0.15, 0.2) is 11.5 Å². The molecule has 0 fully saturated rings. The summed E-state index contributed by atoms with van der Waals surface area (Å²) in [7, 11) is 1.64. The Balaban J connectivity index is 1.74. The zero-order chi connectivity index (χ0) is 23.8. The zero-order valence-corrected chi connectivity index (χ0v) is 21.2. The van der Waals surface area contributed by atoms with E-state index in [0.717, 1.165) is 27.0 Å². The Morgan fingerprint density at radius 3 is 2.45 bits per heavy atom. The molecule has 0 aliphatic rings. The summed E-state index contributed by atoms with van der Waals surface area (Å²) in [6.45, 7) is 7.09. The van der Waals surface area contributed by atoms with Crippen molar-refractivity contribution in [1.29, 1.82) is 0 Å². The first-order valence-electron chi connectivity index (χ1n) is 11.0. The highest BCUT2D eigenvalue weighted by Gasteiger charge is 2.15. The molecule has 0 aromatic heterocycles. The molecule has 3 aromatic rings. The number of rotatable bonds is 10. The zero-order valence-electron chi connectivity index (χ0n) is 19.6. The van der Waals surface area contributed by atoms with E-state index in [4.69, 9.17) is 9.47 Å². The number of carbonyl (C=O) groups is 1. The van der Waals surface area contributed by atoms with Gasteiger partial charge in [-0.2, -0.15) is 0 Å². The van der Waals surface area contributed by atoms with Gasteiger partial charge in [-0.3, -0.25) is 4.79 Å². The predicted molar refractivity (Wildman–Crippen MR) is 138 cm³/mol. The van der Waals surface area contributed by atoms with Crippen LogP contribution in [0.5, 0.6) is 11.5 Å². The average Bonchev–Trinajstić information content (AvgIpc) is 2.77. The number of methoxy groups -OCH3 is 1. The molecular weight excluding hydrogens is 480 g/mol. The summed E-state index contributed by atoms with van der Waals surface area (Å²) in [5.74, 6) is 1.71. The lowest BCUT2D eigenvalue weighted by Crippen LogP contribution is -2.14. The fraction of sp³-hybridized carbons (Fsp3) is 0.296. The molecule has 0 atom stereocenters. The molecule has 2 N–H and O–H groups in total. The smallest absolute Gasteiger partial charge is 0.224 e. The van der Waals surface area contributed by atoms with E-state index in [9.17, 15) is 4.79 Å². The standard InChI is InChI=1S/C27H31BrN2O3/c1-18(2)14-26(31)30-22-7-5-6-21(15-22)29-16-23-24(28)12-13-25(32-4)27(23)33-17-20-10-8-19(3)9-11-20/h5-13,15,18,29H,14,16-17H2,1-4H3,(H,30,31). The third-order valence-electron chi connectivity index (χ3n) is 5.10. The molecule has 0 saturated carbocycles. The molecule has 3 aromatic carbocycles. The maximum Gasteiger partial charge on any atom is 0.224 e. The number of amides is 1. The van der Waals surface area contributed by atoms with E-state index >= 15 is 0 Å². The number of nitrogens with one attached hydrogen (secondary N) is 2. The van der Waals surface area contributed by atoms with Gasteiger partial charge in [0.25, 0.3) is 0 Å². The van der Waals surface area contributed by atoms with Crippen molar-refractivity contribution in [3.05, 3.63) is 81.8 Å². The van der Waals surface area contributed by atoms with Crippen LogP contribution in [0, 0.1) is 12.8 Å². The van der Waals surface area contributed by atoms with E-state index in [0.29, 0.717) is 37.0 Å². The van der Waals surface area contributed by atoms with Gasteiger partial charge in [-0.25, -0.2) is 0 Å². The highest BCUT2D eigenvalue weighted by atomic mass is 79.9. The SMILES string of the molecule is COc1ccc(Br)c(CNc2cccc(NC(=O)CC(C)C)c2)c1OCc1ccc(C)cc1. The number of carbonyl (C=O) groups excluding carboxylic acids is 1. The van der Waals surface area contributed by atoms with Crippen molar-refractivity contribution < 1.29 is 14.3 Å². The minimum atomic E-state index is 0.0180. The lowest BCUT2D eigenvalue weighted by Gasteiger charge is -2.18. The molecule has 0 heterocycles. The van der Waals surface area contributed by atoms with E-state index in [1.165, 1.54) is 5.56 Å². The molecule has 0 saturated heterocycles. The van der Waals surface area contributed by atoms with E-state index in [1.807, 2.05) is 50.2 Å². The molecular formula is C27H31BrN2O3. The first-order valence-corrected chi connectivity index (χ1v) is 11.8. The lowest BCUT2D eigenvalue weighted by atomic mass is 10.1. The van der Waals surface area contributed by atoms with Gasteiger partial charge in [-0.15, -0.1) is 0 Å². The number of halogens is 1. The fourth-order valence-electron chi connectivity index (χ4n) is 3.39. The molecule has 174 valence electrons. The van der Waals surface area contributed by atoms with Crippen LogP contribution in [0.1, 0.15) is 37.0 Å². The van der Waals surface area contributed by atoms with Crippen LogP contribution in [0.25, 0.3) is 0 Å². The second kappa shape index (κ2) is 11.8. The largest absolute Gasteiger partial charge is 0.493 e. The van der Waals surface area contributed by atoms with Crippen molar-refractivity contribution in [2.24, 2.45) is 5.92 Å². The van der Waals surface area contributed by atoms with Gasteiger partial charge in [0, 0.05) is 34.4 Å². The van der Waals surface area contributed by atoms with Crippen LogP contribution in [-0.4, -0.2) is 13.0 Å². The first-order chi connectivity index (χ1) is 15.9. The second-order valence-electron chi connectivity index (χ2n) is 8.41. The summed E-state index contributed by atoms with van der Waals surface area (Å²) in [6, 6.07) is 19.8. The first kappa shape index (κ1) is 24.6.